The van der Waals surface area contributed by atoms with Crippen LogP contribution in [0.1, 0.15) is 17.5 Å². The van der Waals surface area contributed by atoms with Gasteiger partial charge in [-0.3, -0.25) is 9.80 Å². The number of hydrogen-bond acceptors (Lipinski definition) is 4. The molecule has 0 saturated carbocycles. The van der Waals surface area contributed by atoms with E-state index in [0.717, 1.165) is 44.7 Å². The van der Waals surface area contributed by atoms with Gasteiger partial charge in [0.25, 0.3) is 0 Å². The standard InChI is InChI=1S/C23H27FN4O/c24-22-8-4-5-9-23(22)28-17-20(14-25-28)15-26-11-12-27(21(18-26)10-13-29)16-19-6-2-1-3-7-19/h1-9,14,17,21,29H,10-13,15-16,18H2. The van der Waals surface area contributed by atoms with Crippen molar-refractivity contribution in [2.24, 2.45) is 0 Å². The van der Waals surface area contributed by atoms with Crippen molar-refractivity contribution in [1.29, 1.82) is 0 Å². The highest BCUT2D eigenvalue weighted by Crippen LogP contribution is 2.19. The van der Waals surface area contributed by atoms with Gasteiger partial charge in [0, 0.05) is 57.1 Å². The highest BCUT2D eigenvalue weighted by Gasteiger charge is 2.26. The number of aliphatic hydroxyl groups excluding tert-OH is 1. The van der Waals surface area contributed by atoms with E-state index < -0.39 is 0 Å². The van der Waals surface area contributed by atoms with Crippen molar-refractivity contribution in [2.45, 2.75) is 25.6 Å². The van der Waals surface area contributed by atoms with E-state index in [9.17, 15) is 9.50 Å². The van der Waals surface area contributed by atoms with E-state index in [0.29, 0.717) is 11.7 Å². The molecule has 2 aromatic carbocycles. The lowest BCUT2D eigenvalue weighted by Gasteiger charge is -2.41. The molecule has 1 saturated heterocycles. The first-order chi connectivity index (χ1) is 14.2. The van der Waals surface area contributed by atoms with Gasteiger partial charge in [0.05, 0.1) is 6.20 Å². The van der Waals surface area contributed by atoms with Gasteiger partial charge < -0.3 is 5.11 Å². The second-order valence-corrected chi connectivity index (χ2v) is 7.60. The van der Waals surface area contributed by atoms with Crippen LogP contribution < -0.4 is 0 Å². The molecule has 3 aromatic rings. The SMILES string of the molecule is OCCC1CN(Cc2cnn(-c3ccccc3F)c2)CCN1Cc1ccccc1. The fourth-order valence-corrected chi connectivity index (χ4v) is 4.02. The maximum absolute atomic E-state index is 14.0. The Morgan fingerprint density at radius 1 is 0.966 bits per heavy atom. The van der Waals surface area contributed by atoms with E-state index in [4.69, 9.17) is 0 Å². The lowest BCUT2D eigenvalue weighted by Crippen LogP contribution is -2.52. The van der Waals surface area contributed by atoms with Gasteiger partial charge in [0.1, 0.15) is 11.5 Å². The highest BCUT2D eigenvalue weighted by molar-refractivity contribution is 5.33. The van der Waals surface area contributed by atoms with E-state index in [2.05, 4.69) is 39.2 Å². The maximum Gasteiger partial charge on any atom is 0.148 e. The van der Waals surface area contributed by atoms with E-state index in [1.165, 1.54) is 11.6 Å². The summed E-state index contributed by atoms with van der Waals surface area (Å²) in [6, 6.07) is 17.5. The minimum atomic E-state index is -0.278. The quantitative estimate of drug-likeness (QED) is 0.669. The van der Waals surface area contributed by atoms with E-state index in [1.807, 2.05) is 24.5 Å². The third-order valence-corrected chi connectivity index (χ3v) is 5.52. The first kappa shape index (κ1) is 19.8. The minimum Gasteiger partial charge on any atom is -0.396 e. The van der Waals surface area contributed by atoms with Gasteiger partial charge in [-0.15, -0.1) is 0 Å². The summed E-state index contributed by atoms with van der Waals surface area (Å²) in [6.07, 6.45) is 4.47. The average Bonchev–Trinajstić information content (AvgIpc) is 3.19. The van der Waals surface area contributed by atoms with Gasteiger partial charge in [-0.1, -0.05) is 42.5 Å². The summed E-state index contributed by atoms with van der Waals surface area (Å²) in [5, 5.41) is 13.9. The topological polar surface area (TPSA) is 44.5 Å². The van der Waals surface area contributed by atoms with Gasteiger partial charge >= 0.3 is 0 Å². The van der Waals surface area contributed by atoms with Gasteiger partial charge in [-0.25, -0.2) is 9.07 Å². The molecule has 0 aliphatic carbocycles. The Kier molecular flexibility index (Phi) is 6.34. The molecule has 1 fully saturated rings. The summed E-state index contributed by atoms with van der Waals surface area (Å²) in [5.41, 5.74) is 2.83. The van der Waals surface area contributed by atoms with E-state index >= 15 is 0 Å². The largest absolute Gasteiger partial charge is 0.396 e. The van der Waals surface area contributed by atoms with Gasteiger partial charge in [0.2, 0.25) is 0 Å². The summed E-state index contributed by atoms with van der Waals surface area (Å²) < 4.78 is 15.6. The number of para-hydroxylation sites is 1. The summed E-state index contributed by atoms with van der Waals surface area (Å²) in [4.78, 5) is 4.86. The number of hydrogen-bond donors (Lipinski definition) is 1. The van der Waals surface area contributed by atoms with Crippen LogP contribution in [0.3, 0.4) is 0 Å². The number of nitrogens with zero attached hydrogens (tertiary/aromatic N) is 4. The highest BCUT2D eigenvalue weighted by atomic mass is 19.1. The first-order valence-electron chi connectivity index (χ1n) is 10.1. The summed E-state index contributed by atoms with van der Waals surface area (Å²) in [5.74, 6) is -0.278. The van der Waals surface area contributed by atoms with E-state index in [1.54, 1.807) is 16.8 Å². The lowest BCUT2D eigenvalue weighted by atomic mass is 10.1. The number of rotatable bonds is 7. The molecule has 0 bridgehead atoms. The second-order valence-electron chi connectivity index (χ2n) is 7.60. The Morgan fingerprint density at radius 3 is 2.55 bits per heavy atom. The summed E-state index contributed by atoms with van der Waals surface area (Å²) >= 11 is 0. The maximum atomic E-state index is 14.0. The molecular formula is C23H27FN4O. The molecular weight excluding hydrogens is 367 g/mol. The van der Waals surface area contributed by atoms with E-state index in [-0.39, 0.29) is 12.4 Å². The monoisotopic (exact) mass is 394 g/mol. The molecule has 6 heteroatoms. The first-order valence-corrected chi connectivity index (χ1v) is 10.1. The molecule has 1 atom stereocenters. The number of piperazine rings is 1. The fraction of sp³-hybridized carbons (Fsp3) is 0.348. The molecule has 1 aromatic heterocycles. The zero-order chi connectivity index (χ0) is 20.1. The predicted molar refractivity (Wildman–Crippen MR) is 111 cm³/mol. The number of aliphatic hydroxyl groups is 1. The molecule has 0 spiro atoms. The third-order valence-electron chi connectivity index (χ3n) is 5.52. The van der Waals surface area contributed by atoms with Crippen LogP contribution in [0, 0.1) is 5.82 Å². The van der Waals surface area contributed by atoms with Gasteiger partial charge in [-0.05, 0) is 24.1 Å². The fourth-order valence-electron chi connectivity index (χ4n) is 4.02. The molecule has 1 unspecified atom stereocenters. The van der Waals surface area contributed by atoms with Gasteiger partial charge in [-0.2, -0.15) is 5.10 Å². The van der Waals surface area contributed by atoms with Crippen LogP contribution in [0.15, 0.2) is 67.0 Å². The van der Waals surface area contributed by atoms with Crippen LogP contribution >= 0.6 is 0 Å². The molecule has 5 nitrogen and oxygen atoms in total. The Balaban J connectivity index is 1.40. The van der Waals surface area contributed by atoms with Crippen LogP contribution in [0.4, 0.5) is 4.39 Å². The molecule has 0 amide bonds. The van der Waals surface area contributed by atoms with Crippen molar-refractivity contribution in [3.63, 3.8) is 0 Å². The van der Waals surface area contributed by atoms with Crippen LogP contribution in [-0.4, -0.2) is 57.0 Å². The van der Waals surface area contributed by atoms with Gasteiger partial charge in [0.15, 0.2) is 0 Å². The Labute approximate surface area is 171 Å². The Morgan fingerprint density at radius 2 is 1.76 bits per heavy atom. The average molecular weight is 394 g/mol. The molecule has 152 valence electrons. The van der Waals surface area contributed by atoms with Crippen molar-refractivity contribution in [3.8, 4) is 5.69 Å². The zero-order valence-corrected chi connectivity index (χ0v) is 16.5. The van der Waals surface area contributed by atoms with Crippen molar-refractivity contribution in [1.82, 2.24) is 19.6 Å². The summed E-state index contributed by atoms with van der Waals surface area (Å²) in [6.45, 7) is 4.69. The molecule has 1 aliphatic heterocycles. The minimum absolute atomic E-state index is 0.189. The van der Waals surface area contributed by atoms with Crippen molar-refractivity contribution < 1.29 is 9.50 Å². The normalized spacial score (nSPS) is 18.2. The van der Waals surface area contributed by atoms with Crippen LogP contribution in [0.25, 0.3) is 5.69 Å². The molecule has 1 N–H and O–H groups in total. The Hall–Kier alpha value is -2.54. The predicted octanol–water partition coefficient (Wildman–Crippen LogP) is 3.08. The third kappa shape index (κ3) is 4.90. The lowest BCUT2D eigenvalue weighted by molar-refractivity contribution is 0.0500. The zero-order valence-electron chi connectivity index (χ0n) is 16.5. The second kappa shape index (κ2) is 9.31. The summed E-state index contributed by atoms with van der Waals surface area (Å²) in [7, 11) is 0. The number of benzene rings is 2. The Bertz CT molecular complexity index is 914. The van der Waals surface area contributed by atoms with Crippen LogP contribution in [0.2, 0.25) is 0 Å². The van der Waals surface area contributed by atoms with Crippen molar-refractivity contribution in [2.75, 3.05) is 26.2 Å². The smallest absolute Gasteiger partial charge is 0.148 e. The number of halogens is 1. The molecule has 29 heavy (non-hydrogen) atoms. The van der Waals surface area contributed by atoms with Crippen molar-refractivity contribution in [3.05, 3.63) is 83.9 Å². The number of aromatic nitrogens is 2. The molecule has 1 aliphatic rings. The van der Waals surface area contributed by atoms with Crippen LogP contribution in [0.5, 0.6) is 0 Å². The van der Waals surface area contributed by atoms with Crippen molar-refractivity contribution >= 4 is 0 Å². The molecule has 2 heterocycles. The molecule has 0 radical (unpaired) electrons. The van der Waals surface area contributed by atoms with Crippen LogP contribution in [-0.2, 0) is 13.1 Å². The molecule has 4 rings (SSSR count).